The summed E-state index contributed by atoms with van der Waals surface area (Å²) in [4.78, 5) is 23.6. The summed E-state index contributed by atoms with van der Waals surface area (Å²) in [7, 11) is 0. The highest BCUT2D eigenvalue weighted by Gasteiger charge is 2.29. The van der Waals surface area contributed by atoms with Crippen LogP contribution in [0.3, 0.4) is 0 Å². The van der Waals surface area contributed by atoms with E-state index in [2.05, 4.69) is 0 Å². The van der Waals surface area contributed by atoms with Gasteiger partial charge in [-0.25, -0.2) is 0 Å². The average molecular weight is 229 g/mol. The van der Waals surface area contributed by atoms with Crippen LogP contribution in [-0.4, -0.2) is 39.9 Å². The molecule has 1 rings (SSSR count). The van der Waals surface area contributed by atoms with Gasteiger partial charge in [0.15, 0.2) is 5.78 Å². The maximum Gasteiger partial charge on any atom is 0.220 e. The van der Waals surface area contributed by atoms with Gasteiger partial charge in [0.25, 0.3) is 0 Å². The minimum Gasteiger partial charge on any atom is -0.391 e. The van der Waals surface area contributed by atoms with E-state index >= 15 is 0 Å². The van der Waals surface area contributed by atoms with Crippen molar-refractivity contribution in [2.24, 2.45) is 0 Å². The third kappa shape index (κ3) is 6.56. The molecule has 4 heteroatoms. The zero-order valence-electron chi connectivity index (χ0n) is 10.9. The monoisotopic (exact) mass is 229 g/mol. The number of amides is 1. The second-order valence-corrected chi connectivity index (χ2v) is 5.15. The predicted molar refractivity (Wildman–Crippen MR) is 63.1 cm³/mol. The van der Waals surface area contributed by atoms with Crippen molar-refractivity contribution < 1.29 is 14.7 Å². The van der Waals surface area contributed by atoms with E-state index in [0.717, 1.165) is 19.4 Å². The summed E-state index contributed by atoms with van der Waals surface area (Å²) in [5.74, 6) is 0.125. The van der Waals surface area contributed by atoms with Gasteiger partial charge in [0.2, 0.25) is 5.91 Å². The fourth-order valence-corrected chi connectivity index (χ4v) is 1.57. The van der Waals surface area contributed by atoms with Crippen molar-refractivity contribution in [3.63, 3.8) is 0 Å². The van der Waals surface area contributed by atoms with Crippen LogP contribution in [0.15, 0.2) is 0 Å². The summed E-state index contributed by atoms with van der Waals surface area (Å²) < 4.78 is 0. The zero-order valence-corrected chi connectivity index (χ0v) is 10.9. The van der Waals surface area contributed by atoms with Crippen molar-refractivity contribution in [2.75, 3.05) is 6.54 Å². The van der Waals surface area contributed by atoms with Gasteiger partial charge in [0, 0.05) is 13.5 Å². The fraction of sp³-hybridized carbons (Fsp3) is 0.833. The molecule has 4 nitrogen and oxygen atoms in total. The molecule has 1 atom stereocenters. The van der Waals surface area contributed by atoms with Gasteiger partial charge in [-0.05, 0) is 40.5 Å². The number of rotatable bonds is 1. The van der Waals surface area contributed by atoms with E-state index in [0.29, 0.717) is 0 Å². The molecule has 0 aliphatic carbocycles. The molecule has 0 aromatic heterocycles. The first kappa shape index (κ1) is 15.1. The van der Waals surface area contributed by atoms with Gasteiger partial charge < -0.3 is 10.0 Å². The highest BCUT2D eigenvalue weighted by molar-refractivity contribution is 5.87. The van der Waals surface area contributed by atoms with Gasteiger partial charge in [0.05, 0.1) is 11.6 Å². The average Bonchev–Trinajstić information content (AvgIpc) is 2.47. The van der Waals surface area contributed by atoms with E-state index in [4.69, 9.17) is 5.11 Å². The van der Waals surface area contributed by atoms with Crippen LogP contribution < -0.4 is 0 Å². The van der Waals surface area contributed by atoms with Crippen LogP contribution >= 0.6 is 0 Å². The van der Waals surface area contributed by atoms with Crippen molar-refractivity contribution in [1.29, 1.82) is 0 Å². The molecule has 0 aromatic rings. The molecule has 94 valence electrons. The van der Waals surface area contributed by atoms with Crippen molar-refractivity contribution in [1.82, 2.24) is 4.90 Å². The van der Waals surface area contributed by atoms with Gasteiger partial charge >= 0.3 is 0 Å². The first-order chi connectivity index (χ1) is 7.13. The Balaban J connectivity index is 0.000000385. The Morgan fingerprint density at radius 1 is 1.25 bits per heavy atom. The van der Waals surface area contributed by atoms with Crippen molar-refractivity contribution in [3.05, 3.63) is 0 Å². The van der Waals surface area contributed by atoms with Crippen LogP contribution in [0.4, 0.5) is 0 Å². The lowest BCUT2D eigenvalue weighted by atomic mass is 10.1. The molecule has 1 N–H and O–H groups in total. The molecular formula is C12H23NO3. The Labute approximate surface area is 97.6 Å². The standard InChI is InChI=1S/C8H13NO2.C4H10O/c1-6(10)8-4-3-5-9(8)7(2)11;1-4(2,3)5/h8H,3-5H2,1-2H3;5H,1-3H3. The Morgan fingerprint density at radius 2 is 1.69 bits per heavy atom. The molecule has 1 heterocycles. The highest BCUT2D eigenvalue weighted by atomic mass is 16.3. The van der Waals surface area contributed by atoms with Crippen molar-refractivity contribution >= 4 is 11.7 Å². The summed E-state index contributed by atoms with van der Waals surface area (Å²) in [6, 6.07) is -0.132. The zero-order chi connectivity index (χ0) is 12.9. The Morgan fingerprint density at radius 3 is 1.94 bits per heavy atom. The topological polar surface area (TPSA) is 57.6 Å². The molecule has 0 bridgehead atoms. The third-order valence-corrected chi connectivity index (χ3v) is 2.13. The fourth-order valence-electron chi connectivity index (χ4n) is 1.57. The van der Waals surface area contributed by atoms with Gasteiger partial charge in [0.1, 0.15) is 0 Å². The first-order valence-electron chi connectivity index (χ1n) is 5.63. The number of ketones is 1. The maximum atomic E-state index is 11.0. The van der Waals surface area contributed by atoms with E-state index in [-0.39, 0.29) is 17.7 Å². The SMILES string of the molecule is CC(=O)C1CCCN1C(C)=O.CC(C)(C)O. The lowest BCUT2D eigenvalue weighted by molar-refractivity contribution is -0.135. The highest BCUT2D eigenvalue weighted by Crippen LogP contribution is 2.17. The van der Waals surface area contributed by atoms with Crippen LogP contribution in [0.1, 0.15) is 47.5 Å². The van der Waals surface area contributed by atoms with E-state index in [9.17, 15) is 9.59 Å². The number of hydrogen-bond donors (Lipinski definition) is 1. The number of likely N-dealkylation sites (tertiary alicyclic amines) is 1. The quantitative estimate of drug-likeness (QED) is 0.738. The molecule has 1 saturated heterocycles. The molecule has 1 amide bonds. The van der Waals surface area contributed by atoms with Crippen LogP contribution in [0.5, 0.6) is 0 Å². The number of Topliss-reactive ketones (excluding diaryl/α,β-unsaturated/α-hetero) is 1. The molecule has 0 radical (unpaired) electrons. The number of hydrogen-bond acceptors (Lipinski definition) is 3. The van der Waals surface area contributed by atoms with E-state index in [1.807, 2.05) is 0 Å². The van der Waals surface area contributed by atoms with Crippen LogP contribution in [0, 0.1) is 0 Å². The minimum absolute atomic E-state index is 0.0164. The molecular weight excluding hydrogens is 206 g/mol. The molecule has 0 saturated carbocycles. The molecule has 16 heavy (non-hydrogen) atoms. The molecule has 1 fully saturated rings. The normalized spacial score (nSPS) is 20.1. The molecule has 0 spiro atoms. The van der Waals surface area contributed by atoms with E-state index < -0.39 is 5.60 Å². The summed E-state index contributed by atoms with van der Waals surface area (Å²) in [5, 5.41) is 8.52. The summed E-state index contributed by atoms with van der Waals surface area (Å²) in [6.45, 7) is 9.04. The molecule has 1 aliphatic rings. The number of aliphatic hydroxyl groups is 1. The Kier molecular flexibility index (Phi) is 5.65. The third-order valence-electron chi connectivity index (χ3n) is 2.13. The largest absolute Gasteiger partial charge is 0.391 e. The number of nitrogens with zero attached hydrogens (tertiary/aromatic N) is 1. The second kappa shape index (κ2) is 5.99. The van der Waals surface area contributed by atoms with Gasteiger partial charge in [-0.15, -0.1) is 0 Å². The van der Waals surface area contributed by atoms with Crippen molar-refractivity contribution in [3.8, 4) is 0 Å². The lowest BCUT2D eigenvalue weighted by Crippen LogP contribution is -2.37. The molecule has 1 unspecified atom stereocenters. The first-order valence-corrected chi connectivity index (χ1v) is 5.63. The second-order valence-electron chi connectivity index (χ2n) is 5.15. The predicted octanol–water partition coefficient (Wildman–Crippen LogP) is 1.36. The number of carbonyl (C=O) groups excluding carboxylic acids is 2. The Hall–Kier alpha value is -0.900. The summed E-state index contributed by atoms with van der Waals surface area (Å²) in [6.07, 6.45) is 1.80. The van der Waals surface area contributed by atoms with E-state index in [1.54, 1.807) is 32.6 Å². The minimum atomic E-state index is -0.500. The van der Waals surface area contributed by atoms with E-state index in [1.165, 1.54) is 6.92 Å². The van der Waals surface area contributed by atoms with Gasteiger partial charge in [-0.3, -0.25) is 9.59 Å². The van der Waals surface area contributed by atoms with Crippen LogP contribution in [0.2, 0.25) is 0 Å². The Bertz CT molecular complexity index is 229. The summed E-state index contributed by atoms with van der Waals surface area (Å²) in [5.41, 5.74) is -0.500. The number of carbonyl (C=O) groups is 2. The van der Waals surface area contributed by atoms with Crippen molar-refractivity contribution in [2.45, 2.75) is 59.1 Å². The maximum absolute atomic E-state index is 11.0. The smallest absolute Gasteiger partial charge is 0.220 e. The van der Waals surface area contributed by atoms with Gasteiger partial charge in [-0.1, -0.05) is 0 Å². The van der Waals surface area contributed by atoms with Gasteiger partial charge in [-0.2, -0.15) is 0 Å². The lowest BCUT2D eigenvalue weighted by Gasteiger charge is -2.20. The molecule has 1 aliphatic heterocycles. The summed E-state index contributed by atoms with van der Waals surface area (Å²) >= 11 is 0. The van der Waals surface area contributed by atoms with Crippen LogP contribution in [0.25, 0.3) is 0 Å². The molecule has 0 aromatic carbocycles. The van der Waals surface area contributed by atoms with Crippen LogP contribution in [-0.2, 0) is 9.59 Å².